The van der Waals surface area contributed by atoms with Crippen LogP contribution in [-0.4, -0.2) is 24.2 Å². The van der Waals surface area contributed by atoms with Crippen molar-refractivity contribution < 1.29 is 9.59 Å². The van der Waals surface area contributed by atoms with Gasteiger partial charge in [0.15, 0.2) is 0 Å². The Morgan fingerprint density at radius 2 is 1.55 bits per heavy atom. The number of hydrogen-bond acceptors (Lipinski definition) is 3. The van der Waals surface area contributed by atoms with Crippen molar-refractivity contribution in [2.45, 2.75) is 26.7 Å². The Labute approximate surface area is 194 Å². The fourth-order valence-corrected chi connectivity index (χ4v) is 3.55. The highest BCUT2D eigenvalue weighted by Crippen LogP contribution is 2.24. The zero-order chi connectivity index (χ0) is 23.8. The number of benzene rings is 3. The SMILES string of the molecule is CCCN(C(=O)CC(C)C(=O)Nc1ccc(C(=N)N)cc1)c1ccc(-c2ccccc2)cc1. The van der Waals surface area contributed by atoms with Crippen molar-refractivity contribution in [3.63, 3.8) is 0 Å². The number of hydrogen-bond donors (Lipinski definition) is 3. The average molecular weight is 443 g/mol. The van der Waals surface area contributed by atoms with Gasteiger partial charge in [-0.1, -0.05) is 56.3 Å². The average Bonchev–Trinajstić information content (AvgIpc) is 2.83. The van der Waals surface area contributed by atoms with Crippen LogP contribution in [-0.2, 0) is 9.59 Å². The van der Waals surface area contributed by atoms with E-state index < -0.39 is 5.92 Å². The molecule has 0 heterocycles. The summed E-state index contributed by atoms with van der Waals surface area (Å²) in [4.78, 5) is 27.5. The number of amidine groups is 1. The number of nitrogens with one attached hydrogen (secondary N) is 2. The van der Waals surface area contributed by atoms with Crippen LogP contribution in [0.3, 0.4) is 0 Å². The number of carbonyl (C=O) groups is 2. The molecule has 170 valence electrons. The van der Waals surface area contributed by atoms with Gasteiger partial charge in [0.05, 0.1) is 0 Å². The second-order valence-electron chi connectivity index (χ2n) is 8.04. The fraction of sp³-hybridized carbons (Fsp3) is 0.222. The van der Waals surface area contributed by atoms with E-state index in [-0.39, 0.29) is 24.1 Å². The molecular formula is C27H30N4O2. The number of amides is 2. The van der Waals surface area contributed by atoms with E-state index in [1.54, 1.807) is 36.1 Å². The molecule has 33 heavy (non-hydrogen) atoms. The van der Waals surface area contributed by atoms with E-state index in [2.05, 4.69) is 17.4 Å². The molecule has 6 nitrogen and oxygen atoms in total. The Morgan fingerprint density at radius 1 is 0.939 bits per heavy atom. The highest BCUT2D eigenvalue weighted by Gasteiger charge is 2.22. The molecular weight excluding hydrogens is 412 g/mol. The molecule has 3 aromatic rings. The van der Waals surface area contributed by atoms with Gasteiger partial charge in [-0.15, -0.1) is 0 Å². The lowest BCUT2D eigenvalue weighted by atomic mass is 10.0. The van der Waals surface area contributed by atoms with E-state index >= 15 is 0 Å². The van der Waals surface area contributed by atoms with Crippen LogP contribution in [0.4, 0.5) is 11.4 Å². The first-order chi connectivity index (χ1) is 15.9. The first-order valence-corrected chi connectivity index (χ1v) is 11.1. The molecule has 0 fully saturated rings. The highest BCUT2D eigenvalue weighted by molar-refractivity contribution is 6.00. The smallest absolute Gasteiger partial charge is 0.227 e. The number of anilines is 2. The molecule has 0 saturated heterocycles. The van der Waals surface area contributed by atoms with Crippen LogP contribution < -0.4 is 16.0 Å². The molecule has 0 aliphatic carbocycles. The van der Waals surface area contributed by atoms with Gasteiger partial charge >= 0.3 is 0 Å². The maximum atomic E-state index is 13.1. The van der Waals surface area contributed by atoms with Crippen molar-refractivity contribution in [3.8, 4) is 11.1 Å². The summed E-state index contributed by atoms with van der Waals surface area (Å²) in [6, 6.07) is 24.8. The van der Waals surface area contributed by atoms with Crippen LogP contribution in [0.2, 0.25) is 0 Å². The number of nitrogen functional groups attached to an aromatic ring is 1. The van der Waals surface area contributed by atoms with Gasteiger partial charge in [0.1, 0.15) is 5.84 Å². The molecule has 1 atom stereocenters. The first-order valence-electron chi connectivity index (χ1n) is 11.1. The number of rotatable bonds is 9. The Balaban J connectivity index is 1.65. The van der Waals surface area contributed by atoms with Crippen LogP contribution in [0.5, 0.6) is 0 Å². The normalized spacial score (nSPS) is 11.5. The summed E-state index contributed by atoms with van der Waals surface area (Å²) in [5.41, 5.74) is 9.69. The molecule has 3 rings (SSSR count). The van der Waals surface area contributed by atoms with E-state index in [1.165, 1.54) is 0 Å². The third-order valence-electron chi connectivity index (χ3n) is 5.43. The summed E-state index contributed by atoms with van der Waals surface area (Å²) >= 11 is 0. The highest BCUT2D eigenvalue weighted by atomic mass is 16.2. The topological polar surface area (TPSA) is 99.3 Å². The van der Waals surface area contributed by atoms with Gasteiger partial charge in [-0.2, -0.15) is 0 Å². The molecule has 0 radical (unpaired) electrons. The molecule has 1 unspecified atom stereocenters. The number of carbonyl (C=O) groups excluding carboxylic acids is 2. The zero-order valence-electron chi connectivity index (χ0n) is 19.0. The van der Waals surface area contributed by atoms with Gasteiger partial charge in [-0.3, -0.25) is 15.0 Å². The monoisotopic (exact) mass is 442 g/mol. The molecule has 0 aliphatic rings. The van der Waals surface area contributed by atoms with E-state index in [0.29, 0.717) is 17.8 Å². The van der Waals surface area contributed by atoms with Gasteiger partial charge in [-0.05, 0) is 53.9 Å². The summed E-state index contributed by atoms with van der Waals surface area (Å²) in [6.07, 6.45) is 0.924. The van der Waals surface area contributed by atoms with Crippen molar-refractivity contribution in [1.29, 1.82) is 5.41 Å². The van der Waals surface area contributed by atoms with E-state index in [4.69, 9.17) is 11.1 Å². The lowest BCUT2D eigenvalue weighted by Gasteiger charge is -2.24. The molecule has 6 heteroatoms. The van der Waals surface area contributed by atoms with Crippen LogP contribution >= 0.6 is 0 Å². The van der Waals surface area contributed by atoms with Crippen molar-refractivity contribution in [1.82, 2.24) is 0 Å². The van der Waals surface area contributed by atoms with Crippen LogP contribution in [0, 0.1) is 11.3 Å². The molecule has 2 amide bonds. The standard InChI is InChI=1S/C27H30N4O2/c1-3-17-31(24-15-11-21(12-16-24)20-7-5-4-6-8-20)25(32)18-19(2)27(33)30-23-13-9-22(10-14-23)26(28)29/h4-16,19H,3,17-18H2,1-2H3,(H3,28,29)(H,30,33). The van der Waals surface area contributed by atoms with Crippen LogP contribution in [0.1, 0.15) is 32.3 Å². The van der Waals surface area contributed by atoms with Crippen LogP contribution in [0.15, 0.2) is 78.9 Å². The summed E-state index contributed by atoms with van der Waals surface area (Å²) in [7, 11) is 0. The van der Waals surface area contributed by atoms with E-state index in [9.17, 15) is 9.59 Å². The third kappa shape index (κ3) is 6.29. The Bertz CT molecular complexity index is 1090. The molecule has 0 bridgehead atoms. The predicted octanol–water partition coefficient (Wildman–Crippen LogP) is 5.05. The van der Waals surface area contributed by atoms with Crippen LogP contribution in [0.25, 0.3) is 11.1 Å². The van der Waals surface area contributed by atoms with Crippen molar-refractivity contribution in [2.24, 2.45) is 11.7 Å². The minimum absolute atomic E-state index is 0.0281. The van der Waals surface area contributed by atoms with Gasteiger partial charge in [0.25, 0.3) is 0 Å². The summed E-state index contributed by atoms with van der Waals surface area (Å²) in [5, 5.41) is 10.3. The molecule has 0 aromatic heterocycles. The molecule has 3 aromatic carbocycles. The summed E-state index contributed by atoms with van der Waals surface area (Å²) in [5.74, 6) is -0.832. The third-order valence-corrected chi connectivity index (χ3v) is 5.43. The predicted molar refractivity (Wildman–Crippen MR) is 134 cm³/mol. The minimum atomic E-state index is -0.493. The zero-order valence-corrected chi connectivity index (χ0v) is 19.0. The first kappa shape index (κ1) is 23.7. The number of nitrogens with zero attached hydrogens (tertiary/aromatic N) is 1. The largest absolute Gasteiger partial charge is 0.384 e. The maximum Gasteiger partial charge on any atom is 0.227 e. The Morgan fingerprint density at radius 3 is 2.12 bits per heavy atom. The molecule has 0 saturated carbocycles. The van der Waals surface area contributed by atoms with Gasteiger partial charge in [0, 0.05) is 35.8 Å². The molecule has 0 spiro atoms. The van der Waals surface area contributed by atoms with E-state index in [0.717, 1.165) is 23.2 Å². The fourth-order valence-electron chi connectivity index (χ4n) is 3.55. The second-order valence-corrected chi connectivity index (χ2v) is 8.04. The number of nitrogens with two attached hydrogens (primary N) is 1. The van der Waals surface area contributed by atoms with Crippen molar-refractivity contribution in [2.75, 3.05) is 16.8 Å². The van der Waals surface area contributed by atoms with E-state index in [1.807, 2.05) is 49.4 Å². The lowest BCUT2D eigenvalue weighted by molar-refractivity contribution is -0.125. The summed E-state index contributed by atoms with van der Waals surface area (Å²) < 4.78 is 0. The Kier molecular flexibility index (Phi) is 7.97. The van der Waals surface area contributed by atoms with Crippen molar-refractivity contribution in [3.05, 3.63) is 84.4 Å². The molecule has 0 aliphatic heterocycles. The van der Waals surface area contributed by atoms with Crippen molar-refractivity contribution >= 4 is 29.0 Å². The Hall–Kier alpha value is -3.93. The minimum Gasteiger partial charge on any atom is -0.384 e. The quantitative estimate of drug-likeness (QED) is 0.319. The second kappa shape index (κ2) is 11.1. The maximum absolute atomic E-state index is 13.1. The lowest BCUT2D eigenvalue weighted by Crippen LogP contribution is -2.35. The van der Waals surface area contributed by atoms with Gasteiger partial charge < -0.3 is 16.0 Å². The summed E-state index contributed by atoms with van der Waals surface area (Å²) in [6.45, 7) is 4.36. The van der Waals surface area contributed by atoms with Gasteiger partial charge in [0.2, 0.25) is 11.8 Å². The van der Waals surface area contributed by atoms with Gasteiger partial charge in [-0.25, -0.2) is 0 Å². The molecule has 4 N–H and O–H groups in total.